The molecule has 0 aromatic heterocycles. The molecular formula is C23H35F3N4O. The number of ether oxygens (including phenoxy) is 1. The standard InChI is InChI=1S/C23H35F3N4O/c1-3-27-21(29-20-8-12-30(13-9-20)14-15-31-2)28-17-22(10-5-11-22)18-6-4-7-19(16-18)23(24,25)26/h4,6-7,16,20H,3,5,8-15,17H2,1-2H3,(H2,27,28,29). The third-order valence-corrected chi connectivity index (χ3v) is 6.54. The maximum atomic E-state index is 13.2. The van der Waals surface area contributed by atoms with E-state index in [0.29, 0.717) is 12.6 Å². The van der Waals surface area contributed by atoms with E-state index in [1.165, 1.54) is 12.1 Å². The van der Waals surface area contributed by atoms with Gasteiger partial charge in [0.05, 0.1) is 18.7 Å². The zero-order valence-electron chi connectivity index (χ0n) is 18.6. The Morgan fingerprint density at radius 1 is 1.26 bits per heavy atom. The van der Waals surface area contributed by atoms with Gasteiger partial charge in [-0.15, -0.1) is 0 Å². The average Bonchev–Trinajstić information content (AvgIpc) is 2.72. The lowest BCUT2D eigenvalue weighted by Crippen LogP contribution is -2.49. The van der Waals surface area contributed by atoms with Gasteiger partial charge in [0.15, 0.2) is 5.96 Å². The molecule has 3 rings (SSSR count). The molecular weight excluding hydrogens is 405 g/mol. The van der Waals surface area contributed by atoms with Crippen LogP contribution in [0.25, 0.3) is 0 Å². The first-order valence-electron chi connectivity index (χ1n) is 11.3. The van der Waals surface area contributed by atoms with Gasteiger partial charge in [0, 0.05) is 44.7 Å². The number of hydrogen-bond acceptors (Lipinski definition) is 3. The van der Waals surface area contributed by atoms with Crippen molar-refractivity contribution in [2.75, 3.05) is 46.4 Å². The molecule has 2 N–H and O–H groups in total. The highest BCUT2D eigenvalue weighted by molar-refractivity contribution is 5.80. The number of rotatable bonds is 8. The Balaban J connectivity index is 1.64. The van der Waals surface area contributed by atoms with E-state index in [4.69, 9.17) is 9.73 Å². The van der Waals surface area contributed by atoms with E-state index in [-0.39, 0.29) is 5.41 Å². The molecule has 1 aliphatic heterocycles. The highest BCUT2D eigenvalue weighted by Gasteiger charge is 2.40. The zero-order valence-corrected chi connectivity index (χ0v) is 18.6. The predicted octanol–water partition coefficient (Wildman–Crippen LogP) is 3.79. The molecule has 1 saturated carbocycles. The summed E-state index contributed by atoms with van der Waals surface area (Å²) in [6.07, 6.45) is 0.512. The molecule has 8 heteroatoms. The summed E-state index contributed by atoms with van der Waals surface area (Å²) >= 11 is 0. The lowest BCUT2D eigenvalue weighted by Gasteiger charge is -2.42. The second-order valence-electron chi connectivity index (χ2n) is 8.66. The van der Waals surface area contributed by atoms with E-state index in [0.717, 1.165) is 82.5 Å². The smallest absolute Gasteiger partial charge is 0.383 e. The first-order valence-corrected chi connectivity index (χ1v) is 11.3. The third-order valence-electron chi connectivity index (χ3n) is 6.54. The maximum absolute atomic E-state index is 13.2. The molecule has 5 nitrogen and oxygen atoms in total. The van der Waals surface area contributed by atoms with Gasteiger partial charge in [-0.2, -0.15) is 13.2 Å². The number of alkyl halides is 3. The lowest BCUT2D eigenvalue weighted by atomic mass is 9.64. The maximum Gasteiger partial charge on any atom is 0.416 e. The third kappa shape index (κ3) is 6.35. The van der Waals surface area contributed by atoms with Crippen LogP contribution in [0.3, 0.4) is 0 Å². The molecule has 31 heavy (non-hydrogen) atoms. The summed E-state index contributed by atoms with van der Waals surface area (Å²) in [7, 11) is 1.72. The van der Waals surface area contributed by atoms with Crippen molar-refractivity contribution in [2.45, 2.75) is 56.7 Å². The van der Waals surface area contributed by atoms with Crippen LogP contribution in [-0.2, 0) is 16.3 Å². The van der Waals surface area contributed by atoms with E-state index in [1.54, 1.807) is 7.11 Å². The molecule has 0 spiro atoms. The SMILES string of the molecule is CCNC(=NCC1(c2cccc(C(F)(F)F)c2)CCC1)NC1CCN(CCOC)CC1. The normalized spacial score (nSPS) is 20.4. The summed E-state index contributed by atoms with van der Waals surface area (Å²) < 4.78 is 44.7. The monoisotopic (exact) mass is 440 g/mol. The molecule has 174 valence electrons. The molecule has 0 bridgehead atoms. The fourth-order valence-electron chi connectivity index (χ4n) is 4.43. The molecule has 0 atom stereocenters. The van der Waals surface area contributed by atoms with Crippen LogP contribution >= 0.6 is 0 Å². The molecule has 1 aromatic rings. The van der Waals surface area contributed by atoms with Crippen molar-refractivity contribution in [2.24, 2.45) is 4.99 Å². The van der Waals surface area contributed by atoms with Crippen LogP contribution in [0.2, 0.25) is 0 Å². The number of aliphatic imine (C=N–C) groups is 1. The summed E-state index contributed by atoms with van der Waals surface area (Å²) in [5.41, 5.74) is -0.127. The van der Waals surface area contributed by atoms with Crippen molar-refractivity contribution in [3.63, 3.8) is 0 Å². The second kappa shape index (κ2) is 10.7. The first kappa shape index (κ1) is 23.9. The number of piperidine rings is 1. The Bertz CT molecular complexity index is 726. The molecule has 1 aromatic carbocycles. The summed E-state index contributed by atoms with van der Waals surface area (Å²) in [6.45, 7) is 7.02. The fourth-order valence-corrected chi connectivity index (χ4v) is 4.43. The van der Waals surface area contributed by atoms with Crippen LogP contribution in [0.15, 0.2) is 29.3 Å². The van der Waals surface area contributed by atoms with Crippen LogP contribution in [0.1, 0.15) is 50.2 Å². The van der Waals surface area contributed by atoms with Crippen LogP contribution in [0.5, 0.6) is 0 Å². The van der Waals surface area contributed by atoms with Gasteiger partial charge in [-0.25, -0.2) is 0 Å². The van der Waals surface area contributed by atoms with Gasteiger partial charge in [0.1, 0.15) is 0 Å². The van der Waals surface area contributed by atoms with Crippen LogP contribution in [-0.4, -0.2) is 63.3 Å². The Hall–Kier alpha value is -1.80. The van der Waals surface area contributed by atoms with Crippen molar-refractivity contribution in [1.82, 2.24) is 15.5 Å². The van der Waals surface area contributed by atoms with Gasteiger partial charge in [-0.05, 0) is 44.2 Å². The molecule has 0 unspecified atom stereocenters. The highest BCUT2D eigenvalue weighted by Crippen LogP contribution is 2.45. The second-order valence-corrected chi connectivity index (χ2v) is 8.66. The number of nitrogens with one attached hydrogen (secondary N) is 2. The van der Waals surface area contributed by atoms with Crippen molar-refractivity contribution < 1.29 is 17.9 Å². The Labute approximate surface area is 183 Å². The lowest BCUT2D eigenvalue weighted by molar-refractivity contribution is -0.137. The average molecular weight is 441 g/mol. The van der Waals surface area contributed by atoms with Crippen LogP contribution < -0.4 is 10.6 Å². The van der Waals surface area contributed by atoms with Crippen molar-refractivity contribution in [1.29, 1.82) is 0 Å². The molecule has 0 amide bonds. The molecule has 2 aliphatic rings. The summed E-state index contributed by atoms with van der Waals surface area (Å²) in [6, 6.07) is 6.14. The molecule has 1 saturated heterocycles. The number of benzene rings is 1. The van der Waals surface area contributed by atoms with Gasteiger partial charge in [0.25, 0.3) is 0 Å². The van der Waals surface area contributed by atoms with Crippen molar-refractivity contribution in [3.8, 4) is 0 Å². The topological polar surface area (TPSA) is 48.9 Å². The van der Waals surface area contributed by atoms with Gasteiger partial charge < -0.3 is 20.3 Å². The van der Waals surface area contributed by atoms with E-state index < -0.39 is 11.7 Å². The summed E-state index contributed by atoms with van der Waals surface area (Å²) in [4.78, 5) is 7.22. The predicted molar refractivity (Wildman–Crippen MR) is 117 cm³/mol. The van der Waals surface area contributed by atoms with Crippen LogP contribution in [0, 0.1) is 0 Å². The number of guanidine groups is 1. The largest absolute Gasteiger partial charge is 0.416 e. The summed E-state index contributed by atoms with van der Waals surface area (Å²) in [5, 5.41) is 6.85. The minimum atomic E-state index is -4.32. The number of hydrogen-bond donors (Lipinski definition) is 2. The Morgan fingerprint density at radius 2 is 2.00 bits per heavy atom. The van der Waals surface area contributed by atoms with E-state index in [2.05, 4.69) is 15.5 Å². The van der Waals surface area contributed by atoms with Gasteiger partial charge in [-0.3, -0.25) is 4.99 Å². The fraction of sp³-hybridized carbons (Fsp3) is 0.696. The van der Waals surface area contributed by atoms with Gasteiger partial charge in [-0.1, -0.05) is 24.6 Å². The van der Waals surface area contributed by atoms with Crippen molar-refractivity contribution >= 4 is 5.96 Å². The van der Waals surface area contributed by atoms with Crippen LogP contribution in [0.4, 0.5) is 13.2 Å². The highest BCUT2D eigenvalue weighted by atomic mass is 19.4. The van der Waals surface area contributed by atoms with Gasteiger partial charge >= 0.3 is 6.18 Å². The minimum absolute atomic E-state index is 0.298. The quantitative estimate of drug-likeness (QED) is 0.477. The summed E-state index contributed by atoms with van der Waals surface area (Å²) in [5.74, 6) is 0.760. The molecule has 2 fully saturated rings. The Morgan fingerprint density at radius 3 is 2.58 bits per heavy atom. The van der Waals surface area contributed by atoms with Crippen molar-refractivity contribution in [3.05, 3.63) is 35.4 Å². The number of likely N-dealkylation sites (tertiary alicyclic amines) is 1. The number of nitrogens with zero attached hydrogens (tertiary/aromatic N) is 2. The van der Waals surface area contributed by atoms with E-state index in [1.807, 2.05) is 13.0 Å². The van der Waals surface area contributed by atoms with Gasteiger partial charge in [0.2, 0.25) is 0 Å². The molecule has 0 radical (unpaired) electrons. The Kier molecular flexibility index (Phi) is 8.22. The minimum Gasteiger partial charge on any atom is -0.383 e. The molecule has 1 heterocycles. The van der Waals surface area contributed by atoms with E-state index in [9.17, 15) is 13.2 Å². The molecule has 1 aliphatic carbocycles. The zero-order chi connectivity index (χ0) is 22.3. The first-order chi connectivity index (χ1) is 14.9. The number of methoxy groups -OCH3 is 1. The van der Waals surface area contributed by atoms with E-state index >= 15 is 0 Å². The number of halogens is 3.